The molecule has 31 heavy (non-hydrogen) atoms. The molecule has 6 nitrogen and oxygen atoms in total. The van der Waals surface area contributed by atoms with Gasteiger partial charge in [0, 0.05) is 17.2 Å². The molecule has 1 amide bonds. The van der Waals surface area contributed by atoms with Crippen molar-refractivity contribution in [1.82, 2.24) is 15.0 Å². The van der Waals surface area contributed by atoms with Crippen LogP contribution in [0.15, 0.2) is 59.1 Å². The minimum absolute atomic E-state index is 0.0273. The molecular formula is C25H29N3O3. The lowest BCUT2D eigenvalue weighted by Gasteiger charge is -2.33. The van der Waals surface area contributed by atoms with Crippen LogP contribution in [0.5, 0.6) is 5.75 Å². The molecule has 0 saturated heterocycles. The first-order chi connectivity index (χ1) is 15.1. The summed E-state index contributed by atoms with van der Waals surface area (Å²) in [7, 11) is 0. The first kappa shape index (κ1) is 21.1. The highest BCUT2D eigenvalue weighted by atomic mass is 16.5. The van der Waals surface area contributed by atoms with Crippen LogP contribution in [0.3, 0.4) is 0 Å². The summed E-state index contributed by atoms with van der Waals surface area (Å²) >= 11 is 0. The lowest BCUT2D eigenvalue weighted by Crippen LogP contribution is -2.41. The fraction of sp³-hybridized carbons (Fsp3) is 0.400. The molecule has 1 aliphatic carbocycles. The zero-order valence-electron chi connectivity index (χ0n) is 18.2. The highest BCUT2D eigenvalue weighted by molar-refractivity contribution is 5.94. The Morgan fingerprint density at radius 1 is 1.10 bits per heavy atom. The first-order valence-electron chi connectivity index (χ1n) is 11.1. The van der Waals surface area contributed by atoms with Crippen LogP contribution in [-0.4, -0.2) is 33.1 Å². The molecule has 6 heteroatoms. The molecule has 1 aliphatic rings. The molecule has 0 bridgehead atoms. The highest BCUT2D eigenvalue weighted by Gasteiger charge is 2.28. The fourth-order valence-electron chi connectivity index (χ4n) is 4.07. The van der Waals surface area contributed by atoms with Gasteiger partial charge < -0.3 is 14.2 Å². The molecule has 162 valence electrons. The summed E-state index contributed by atoms with van der Waals surface area (Å²) in [5.74, 6) is 1.67. The molecule has 1 fully saturated rings. The predicted molar refractivity (Wildman–Crippen MR) is 119 cm³/mol. The number of aromatic nitrogens is 2. The van der Waals surface area contributed by atoms with E-state index in [-0.39, 0.29) is 18.1 Å². The molecule has 0 radical (unpaired) electrons. The average molecular weight is 420 g/mol. The SMILES string of the molecule is CC(C)Oc1cccc(C(=O)N(Cc2nc(-c3ccccc3)no2)C2CCCCC2)c1. The number of nitrogens with zero attached hydrogens (tertiary/aromatic N) is 3. The van der Waals surface area contributed by atoms with Gasteiger partial charge in [-0.05, 0) is 44.9 Å². The largest absolute Gasteiger partial charge is 0.491 e. The van der Waals surface area contributed by atoms with E-state index in [0.29, 0.717) is 29.6 Å². The molecule has 4 rings (SSSR count). The Bertz CT molecular complexity index is 994. The van der Waals surface area contributed by atoms with Crippen LogP contribution in [0, 0.1) is 0 Å². The molecule has 1 aromatic heterocycles. The summed E-state index contributed by atoms with van der Waals surface area (Å²) < 4.78 is 11.3. The third-order valence-corrected chi connectivity index (χ3v) is 5.53. The van der Waals surface area contributed by atoms with E-state index in [9.17, 15) is 4.79 Å². The molecule has 2 aromatic carbocycles. The Morgan fingerprint density at radius 2 is 1.87 bits per heavy atom. The van der Waals surface area contributed by atoms with Crippen LogP contribution in [0.25, 0.3) is 11.4 Å². The second-order valence-electron chi connectivity index (χ2n) is 8.30. The van der Waals surface area contributed by atoms with E-state index in [1.165, 1.54) is 6.42 Å². The van der Waals surface area contributed by atoms with Crippen LogP contribution in [0.4, 0.5) is 0 Å². The van der Waals surface area contributed by atoms with E-state index in [2.05, 4.69) is 10.1 Å². The predicted octanol–water partition coefficient (Wildman–Crippen LogP) is 5.50. The van der Waals surface area contributed by atoms with Crippen molar-refractivity contribution in [3.63, 3.8) is 0 Å². The molecular weight excluding hydrogens is 390 g/mol. The molecule has 1 saturated carbocycles. The van der Waals surface area contributed by atoms with Crippen molar-refractivity contribution in [1.29, 1.82) is 0 Å². The number of carbonyl (C=O) groups is 1. The second kappa shape index (κ2) is 9.77. The summed E-state index contributed by atoms with van der Waals surface area (Å²) in [6.07, 6.45) is 5.51. The van der Waals surface area contributed by atoms with Gasteiger partial charge in [0.05, 0.1) is 6.10 Å². The van der Waals surface area contributed by atoms with Crippen molar-refractivity contribution in [3.05, 3.63) is 66.1 Å². The highest BCUT2D eigenvalue weighted by Crippen LogP contribution is 2.27. The Labute approximate surface area is 183 Å². The van der Waals surface area contributed by atoms with Gasteiger partial charge in [0.15, 0.2) is 0 Å². The maximum atomic E-state index is 13.5. The maximum Gasteiger partial charge on any atom is 0.254 e. The van der Waals surface area contributed by atoms with Gasteiger partial charge in [-0.3, -0.25) is 4.79 Å². The summed E-state index contributed by atoms with van der Waals surface area (Å²) in [4.78, 5) is 20.0. The number of hydrogen-bond acceptors (Lipinski definition) is 5. The third-order valence-electron chi connectivity index (χ3n) is 5.53. The van der Waals surface area contributed by atoms with E-state index < -0.39 is 0 Å². The average Bonchev–Trinajstić information content (AvgIpc) is 3.27. The van der Waals surface area contributed by atoms with Crippen molar-refractivity contribution in [3.8, 4) is 17.1 Å². The van der Waals surface area contributed by atoms with Crippen molar-refractivity contribution >= 4 is 5.91 Å². The van der Waals surface area contributed by atoms with E-state index in [1.54, 1.807) is 0 Å². The van der Waals surface area contributed by atoms with Crippen LogP contribution in [-0.2, 0) is 6.54 Å². The lowest BCUT2D eigenvalue weighted by atomic mass is 9.93. The van der Waals surface area contributed by atoms with Gasteiger partial charge in [-0.25, -0.2) is 0 Å². The molecule has 1 heterocycles. The number of amides is 1. The quantitative estimate of drug-likeness (QED) is 0.506. The van der Waals surface area contributed by atoms with Gasteiger partial charge in [-0.1, -0.05) is 60.8 Å². The lowest BCUT2D eigenvalue weighted by molar-refractivity contribution is 0.0585. The number of rotatable bonds is 7. The summed E-state index contributed by atoms with van der Waals surface area (Å²) in [6.45, 7) is 4.25. The van der Waals surface area contributed by atoms with Crippen LogP contribution >= 0.6 is 0 Å². The maximum absolute atomic E-state index is 13.5. The van der Waals surface area contributed by atoms with E-state index in [1.807, 2.05) is 73.3 Å². The Morgan fingerprint density at radius 3 is 2.61 bits per heavy atom. The first-order valence-corrected chi connectivity index (χ1v) is 11.1. The molecule has 3 aromatic rings. The number of hydrogen-bond donors (Lipinski definition) is 0. The minimum Gasteiger partial charge on any atom is -0.491 e. The monoisotopic (exact) mass is 419 g/mol. The normalized spacial score (nSPS) is 14.5. The Hall–Kier alpha value is -3.15. The van der Waals surface area contributed by atoms with Gasteiger partial charge in [0.2, 0.25) is 11.7 Å². The second-order valence-corrected chi connectivity index (χ2v) is 8.30. The van der Waals surface area contributed by atoms with Crippen LogP contribution in [0.1, 0.15) is 62.2 Å². The molecule has 0 aliphatic heterocycles. The Balaban J connectivity index is 1.58. The zero-order chi connectivity index (χ0) is 21.6. The molecule has 0 atom stereocenters. The minimum atomic E-state index is -0.0273. The van der Waals surface area contributed by atoms with Crippen LogP contribution in [0.2, 0.25) is 0 Å². The van der Waals surface area contributed by atoms with E-state index in [4.69, 9.17) is 9.26 Å². The van der Waals surface area contributed by atoms with Crippen molar-refractivity contribution in [2.75, 3.05) is 0 Å². The molecule has 0 unspecified atom stereocenters. The standard InChI is InChI=1S/C25H29N3O3/c1-18(2)30-22-15-9-12-20(16-22)25(29)28(21-13-7-4-8-14-21)17-23-26-24(27-31-23)19-10-5-3-6-11-19/h3,5-6,9-12,15-16,18,21H,4,7-8,13-14,17H2,1-2H3. The van der Waals surface area contributed by atoms with Crippen molar-refractivity contribution in [2.45, 2.75) is 64.6 Å². The number of ether oxygens (including phenoxy) is 1. The smallest absolute Gasteiger partial charge is 0.254 e. The van der Waals surface area contributed by atoms with Crippen molar-refractivity contribution in [2.24, 2.45) is 0 Å². The topological polar surface area (TPSA) is 68.5 Å². The molecule has 0 N–H and O–H groups in total. The van der Waals surface area contributed by atoms with Gasteiger partial charge in [-0.15, -0.1) is 0 Å². The van der Waals surface area contributed by atoms with E-state index >= 15 is 0 Å². The van der Waals surface area contributed by atoms with Gasteiger partial charge in [0.1, 0.15) is 12.3 Å². The van der Waals surface area contributed by atoms with Gasteiger partial charge >= 0.3 is 0 Å². The van der Waals surface area contributed by atoms with Gasteiger partial charge in [0.25, 0.3) is 5.91 Å². The summed E-state index contributed by atoms with van der Waals surface area (Å²) in [6, 6.07) is 17.3. The van der Waals surface area contributed by atoms with Gasteiger partial charge in [-0.2, -0.15) is 4.98 Å². The summed E-state index contributed by atoms with van der Waals surface area (Å²) in [5, 5.41) is 4.12. The third kappa shape index (κ3) is 5.32. The Kier molecular flexibility index (Phi) is 6.65. The van der Waals surface area contributed by atoms with Crippen LogP contribution < -0.4 is 4.74 Å². The zero-order valence-corrected chi connectivity index (χ0v) is 18.2. The summed E-state index contributed by atoms with van der Waals surface area (Å²) in [5.41, 5.74) is 1.51. The number of benzene rings is 2. The fourth-order valence-corrected chi connectivity index (χ4v) is 4.07. The van der Waals surface area contributed by atoms with Crippen molar-refractivity contribution < 1.29 is 14.1 Å². The molecule has 0 spiro atoms. The number of carbonyl (C=O) groups excluding carboxylic acids is 1. The van der Waals surface area contributed by atoms with E-state index in [0.717, 1.165) is 31.2 Å².